The van der Waals surface area contributed by atoms with E-state index in [1.807, 2.05) is 19.9 Å². The molecule has 9 unspecified atom stereocenters. The molecule has 4 aliphatic rings. The number of hydroxylamine groups is 2. The van der Waals surface area contributed by atoms with Crippen molar-refractivity contribution in [1.29, 1.82) is 0 Å². The van der Waals surface area contributed by atoms with E-state index in [4.69, 9.17) is 40.1 Å². The van der Waals surface area contributed by atoms with E-state index in [1.165, 1.54) is 59.6 Å². The lowest BCUT2D eigenvalue weighted by Crippen LogP contribution is -2.63. The third kappa shape index (κ3) is 12.6. The molecule has 358 valence electrons. The number of fused-ring (bicyclic) bond motifs is 5. The number of epoxide rings is 1. The number of hydrogen-bond acceptors (Lipinski definition) is 16. The van der Waals surface area contributed by atoms with Crippen LogP contribution in [0.2, 0.25) is 5.02 Å². The Balaban J connectivity index is 1.29. The molecule has 2 N–H and O–H groups in total. The number of aliphatic hydroxyl groups is 1. The molecule has 0 saturated carbocycles. The highest BCUT2D eigenvalue weighted by atomic mass is 35.5. The molecular weight excluding hydrogens is 908 g/mol. The van der Waals surface area contributed by atoms with Gasteiger partial charge in [-0.05, 0) is 51.3 Å². The van der Waals surface area contributed by atoms with Crippen molar-refractivity contribution >= 4 is 80.5 Å². The van der Waals surface area contributed by atoms with Crippen molar-refractivity contribution in [3.8, 4) is 5.75 Å². The van der Waals surface area contributed by atoms with Gasteiger partial charge in [-0.1, -0.05) is 70.8 Å². The van der Waals surface area contributed by atoms with Crippen LogP contribution in [0, 0.1) is 5.92 Å². The van der Waals surface area contributed by atoms with Gasteiger partial charge in [0.25, 0.3) is 11.8 Å². The number of anilines is 1. The largest absolute Gasteiger partial charge is 0.495 e. The molecule has 0 aromatic heterocycles. The van der Waals surface area contributed by atoms with E-state index in [0.29, 0.717) is 35.1 Å². The number of hydrogen-bond donors (Lipinski definition) is 2. The molecule has 21 heteroatoms. The van der Waals surface area contributed by atoms with E-state index < -0.39 is 83.5 Å². The first kappa shape index (κ1) is 51.6. The number of allylic oxidation sites excluding steroid dienone is 3. The second kappa shape index (κ2) is 22.0. The molecule has 4 aliphatic heterocycles. The number of imide groups is 1. The lowest BCUT2D eigenvalue weighted by molar-refractivity contribution is -0.197. The topological polar surface area (TPSA) is 220 Å². The molecule has 0 spiro atoms. The summed E-state index contributed by atoms with van der Waals surface area (Å²) in [4.78, 5) is 97.7. The average Bonchev–Trinajstić information content (AvgIpc) is 3.87. The number of ether oxygens (including phenoxy) is 5. The fourth-order valence-electron chi connectivity index (χ4n) is 7.86. The number of esters is 1. The molecule has 65 heavy (non-hydrogen) atoms. The number of nitrogens with one attached hydrogen (secondary N) is 1. The molecule has 4 heterocycles. The predicted molar refractivity (Wildman–Crippen MR) is 241 cm³/mol. The van der Waals surface area contributed by atoms with E-state index in [0.717, 1.165) is 11.1 Å². The minimum atomic E-state index is -1.86. The summed E-state index contributed by atoms with van der Waals surface area (Å²) in [6.07, 6.45) is 1.05. The van der Waals surface area contributed by atoms with E-state index >= 15 is 0 Å². The number of amides is 5. The van der Waals surface area contributed by atoms with Crippen molar-refractivity contribution < 1.29 is 67.2 Å². The van der Waals surface area contributed by atoms with Gasteiger partial charge in [0.05, 0.1) is 25.3 Å². The van der Waals surface area contributed by atoms with Gasteiger partial charge < -0.3 is 43.4 Å². The highest BCUT2D eigenvalue weighted by molar-refractivity contribution is 8.76. The Hall–Kier alpha value is -4.34. The van der Waals surface area contributed by atoms with Crippen LogP contribution in [0.25, 0.3) is 0 Å². The van der Waals surface area contributed by atoms with Gasteiger partial charge in [-0.3, -0.25) is 24.5 Å². The quantitative estimate of drug-likeness (QED) is 0.0818. The number of methoxy groups -OCH3 is 2. The van der Waals surface area contributed by atoms with Crippen LogP contribution in [0.3, 0.4) is 0 Å². The third-order valence-electron chi connectivity index (χ3n) is 12.1. The second-order valence-electron chi connectivity index (χ2n) is 17.0. The monoisotopic (exact) mass is 966 g/mol. The number of nitrogens with zero attached hydrogens (tertiary/aromatic N) is 3. The van der Waals surface area contributed by atoms with Gasteiger partial charge in [0, 0.05) is 70.2 Å². The van der Waals surface area contributed by atoms with Gasteiger partial charge >= 0.3 is 18.0 Å². The molecule has 1 aromatic rings. The van der Waals surface area contributed by atoms with E-state index in [-0.39, 0.29) is 54.7 Å². The maximum Gasteiger partial charge on any atom is 0.409 e. The summed E-state index contributed by atoms with van der Waals surface area (Å²) >= 11 is 6.79. The Morgan fingerprint density at radius 2 is 1.78 bits per heavy atom. The normalized spacial score (nSPS) is 29.3. The van der Waals surface area contributed by atoms with Gasteiger partial charge in [0.15, 0.2) is 5.72 Å². The summed E-state index contributed by atoms with van der Waals surface area (Å²) in [5.41, 5.74) is -1.10. The van der Waals surface area contributed by atoms with E-state index in [9.17, 15) is 38.7 Å². The van der Waals surface area contributed by atoms with Crippen molar-refractivity contribution in [2.75, 3.05) is 39.0 Å². The maximum atomic E-state index is 14.3. The first-order chi connectivity index (χ1) is 30.6. The van der Waals surface area contributed by atoms with Crippen molar-refractivity contribution in [3.63, 3.8) is 0 Å². The van der Waals surface area contributed by atoms with Crippen molar-refractivity contribution in [2.24, 2.45) is 5.92 Å². The van der Waals surface area contributed by atoms with Crippen LogP contribution in [0.1, 0.15) is 85.1 Å². The molecule has 0 aliphatic carbocycles. The first-order valence-electron chi connectivity index (χ1n) is 21.3. The molecule has 5 amide bonds. The van der Waals surface area contributed by atoms with E-state index in [2.05, 4.69) is 5.32 Å². The molecule has 3 fully saturated rings. The van der Waals surface area contributed by atoms with Crippen LogP contribution in [-0.4, -0.2) is 138 Å². The number of rotatable bonds is 14. The number of likely N-dealkylation sites (N-methyl/N-ethyl adjacent to an activating group) is 1. The third-order valence-corrected chi connectivity index (χ3v) is 15.5. The number of carbonyl (C=O) groups excluding carboxylic acids is 7. The summed E-state index contributed by atoms with van der Waals surface area (Å²) in [5.74, 6) is -3.22. The molecule has 1 aromatic carbocycles. The van der Waals surface area contributed by atoms with Crippen molar-refractivity contribution in [1.82, 2.24) is 15.3 Å². The van der Waals surface area contributed by atoms with E-state index in [1.54, 1.807) is 45.2 Å². The van der Waals surface area contributed by atoms with Crippen molar-refractivity contribution in [3.05, 3.63) is 46.5 Å². The zero-order valence-electron chi connectivity index (χ0n) is 38.1. The van der Waals surface area contributed by atoms with Gasteiger partial charge in [0.2, 0.25) is 11.8 Å². The smallest absolute Gasteiger partial charge is 0.409 e. The standard InChI is InChI=1S/C44H59ClN4O14S2/c1-24-11-10-12-32(59-9)44(57)23-31(60-42(56)46-44)26(3)40-43(5,62-40)33(22-37(53)48(7)29-20-28(19-24)21-30(58-8)39(29)45)61-41(55)27(4)47(6)34(50)17-18-64-65-25(2)13-16-38(54)63-49-35(51)14-15-36(49)52/h10-12,20-21,25-27,31-33,40,57H,13-19,22-23H2,1-9H3,(H,46,56)/b12-10+,24-11-. The van der Waals surface area contributed by atoms with Gasteiger partial charge in [0.1, 0.15) is 40.7 Å². The van der Waals surface area contributed by atoms with Crippen LogP contribution in [0.4, 0.5) is 10.5 Å². The minimum absolute atomic E-state index is 0.00554. The summed E-state index contributed by atoms with van der Waals surface area (Å²) < 4.78 is 29.3. The average molecular weight is 968 g/mol. The zero-order valence-corrected chi connectivity index (χ0v) is 40.5. The maximum absolute atomic E-state index is 14.3. The lowest BCUT2D eigenvalue weighted by Gasteiger charge is -2.42. The molecule has 5 rings (SSSR count). The number of halogens is 1. The van der Waals surface area contributed by atoms with Gasteiger partial charge in [-0.25, -0.2) is 14.4 Å². The summed E-state index contributed by atoms with van der Waals surface area (Å²) in [6, 6.07) is 2.47. The molecule has 18 nitrogen and oxygen atoms in total. The van der Waals surface area contributed by atoms with Gasteiger partial charge in [-0.2, -0.15) is 0 Å². The zero-order chi connectivity index (χ0) is 48.0. The predicted octanol–water partition coefficient (Wildman–Crippen LogP) is 5.06. The first-order valence-corrected chi connectivity index (χ1v) is 24.1. The molecule has 3 saturated heterocycles. The highest BCUT2D eigenvalue weighted by Crippen LogP contribution is 2.49. The number of alkyl carbamates (subject to hydrolysis) is 1. The SMILES string of the molecule is COc1cc2cc(c1Cl)N(C)C(=O)CC(OC(=O)C(C)N(C)C(=O)CCSSC(C)CCC(=O)ON1C(=O)CCC1=O)C1(C)OC1C(C)C1CC(O)(NC(=O)O1)C(OC)/C=C/C=C(/C)C2. The fourth-order valence-corrected chi connectivity index (χ4v) is 10.5. The van der Waals surface area contributed by atoms with Crippen LogP contribution in [0.5, 0.6) is 5.75 Å². The Labute approximate surface area is 391 Å². The molecule has 9 atom stereocenters. The Morgan fingerprint density at radius 1 is 1.09 bits per heavy atom. The molecule has 4 bridgehead atoms. The van der Waals surface area contributed by atoms with Gasteiger partial charge in [-0.15, -0.1) is 5.06 Å². The van der Waals surface area contributed by atoms with Crippen LogP contribution < -0.4 is 15.0 Å². The van der Waals surface area contributed by atoms with Crippen LogP contribution >= 0.6 is 33.2 Å². The summed E-state index contributed by atoms with van der Waals surface area (Å²) in [5, 5.41) is 15.0. The van der Waals surface area contributed by atoms with Crippen LogP contribution in [0.15, 0.2) is 35.9 Å². The molecular formula is C44H59ClN4O14S2. The number of carbonyl (C=O) groups is 7. The summed E-state index contributed by atoms with van der Waals surface area (Å²) in [7, 11) is 8.79. The van der Waals surface area contributed by atoms with Crippen LogP contribution in [-0.2, 0) is 59.0 Å². The Kier molecular flexibility index (Phi) is 17.5. The number of benzene rings is 1. The van der Waals surface area contributed by atoms with Crippen molar-refractivity contribution in [2.45, 2.75) is 133 Å². The fraction of sp³-hybridized carbons (Fsp3) is 0.614. The lowest BCUT2D eigenvalue weighted by atomic mass is 9.83. The second-order valence-corrected chi connectivity index (χ2v) is 20.3. The summed E-state index contributed by atoms with van der Waals surface area (Å²) in [6.45, 7) is 8.79. The Morgan fingerprint density at radius 3 is 2.45 bits per heavy atom. The Bertz CT molecular complexity index is 2060. The molecule has 0 radical (unpaired) electrons. The minimum Gasteiger partial charge on any atom is -0.495 e. The highest BCUT2D eigenvalue weighted by Gasteiger charge is 2.64.